The molecule has 0 spiro atoms. The molecular weight excluding hydrogens is 262 g/mol. The summed E-state index contributed by atoms with van der Waals surface area (Å²) in [5.41, 5.74) is 1.25. The SMILES string of the molecule is CCC(Br)C(=O)NCc1sccc1C. The van der Waals surface area contributed by atoms with Crippen molar-refractivity contribution in [2.24, 2.45) is 0 Å². The van der Waals surface area contributed by atoms with Crippen molar-refractivity contribution in [1.82, 2.24) is 5.32 Å². The van der Waals surface area contributed by atoms with E-state index < -0.39 is 0 Å². The van der Waals surface area contributed by atoms with Gasteiger partial charge in [0.25, 0.3) is 0 Å². The molecule has 1 atom stereocenters. The Labute approximate surface area is 96.8 Å². The Morgan fingerprint density at radius 3 is 2.93 bits per heavy atom. The quantitative estimate of drug-likeness (QED) is 0.842. The third kappa shape index (κ3) is 3.10. The lowest BCUT2D eigenvalue weighted by Gasteiger charge is -2.07. The van der Waals surface area contributed by atoms with Crippen LogP contribution in [0.15, 0.2) is 11.4 Å². The lowest BCUT2D eigenvalue weighted by atomic mass is 10.3. The van der Waals surface area contributed by atoms with Gasteiger partial charge < -0.3 is 5.32 Å². The van der Waals surface area contributed by atoms with Crippen LogP contribution in [0.5, 0.6) is 0 Å². The molecule has 0 bridgehead atoms. The average molecular weight is 276 g/mol. The van der Waals surface area contributed by atoms with E-state index in [9.17, 15) is 4.79 Å². The summed E-state index contributed by atoms with van der Waals surface area (Å²) in [5, 5.41) is 4.95. The van der Waals surface area contributed by atoms with Gasteiger partial charge in [0.05, 0.1) is 11.4 Å². The van der Waals surface area contributed by atoms with Crippen molar-refractivity contribution in [2.75, 3.05) is 0 Å². The molecule has 78 valence electrons. The Morgan fingerprint density at radius 1 is 1.71 bits per heavy atom. The number of nitrogens with one attached hydrogen (secondary N) is 1. The summed E-state index contributed by atoms with van der Waals surface area (Å²) in [7, 11) is 0. The van der Waals surface area contributed by atoms with Crippen LogP contribution in [0.4, 0.5) is 0 Å². The van der Waals surface area contributed by atoms with E-state index >= 15 is 0 Å². The van der Waals surface area contributed by atoms with Gasteiger partial charge in [0.15, 0.2) is 0 Å². The number of carbonyl (C=O) groups is 1. The van der Waals surface area contributed by atoms with Crippen LogP contribution < -0.4 is 5.32 Å². The van der Waals surface area contributed by atoms with Crippen LogP contribution in [0.2, 0.25) is 0 Å². The van der Waals surface area contributed by atoms with Crippen LogP contribution in [0, 0.1) is 6.92 Å². The minimum absolute atomic E-state index is 0.0669. The standard InChI is InChI=1S/C10H14BrNOS/c1-3-8(11)10(13)12-6-9-7(2)4-5-14-9/h4-5,8H,3,6H2,1-2H3,(H,12,13). The number of rotatable bonds is 4. The first-order chi connectivity index (χ1) is 6.65. The zero-order valence-electron chi connectivity index (χ0n) is 8.34. The largest absolute Gasteiger partial charge is 0.350 e. The molecule has 1 aromatic rings. The van der Waals surface area contributed by atoms with E-state index in [1.54, 1.807) is 11.3 Å². The van der Waals surface area contributed by atoms with E-state index in [1.807, 2.05) is 12.3 Å². The third-order valence-electron chi connectivity index (χ3n) is 2.03. The lowest BCUT2D eigenvalue weighted by molar-refractivity contribution is -0.120. The maximum atomic E-state index is 11.4. The van der Waals surface area contributed by atoms with Crippen LogP contribution in [-0.4, -0.2) is 10.7 Å². The molecule has 1 unspecified atom stereocenters. The second kappa shape index (κ2) is 5.51. The summed E-state index contributed by atoms with van der Waals surface area (Å²) in [6, 6.07) is 2.07. The molecule has 2 nitrogen and oxygen atoms in total. The summed E-state index contributed by atoms with van der Waals surface area (Å²) < 4.78 is 0. The maximum Gasteiger partial charge on any atom is 0.234 e. The first-order valence-corrected chi connectivity index (χ1v) is 6.39. The Bertz CT molecular complexity index is 311. The summed E-state index contributed by atoms with van der Waals surface area (Å²) in [6.07, 6.45) is 0.815. The van der Waals surface area contributed by atoms with Gasteiger partial charge in [-0.15, -0.1) is 11.3 Å². The smallest absolute Gasteiger partial charge is 0.234 e. The van der Waals surface area contributed by atoms with E-state index in [0.717, 1.165) is 6.42 Å². The fraction of sp³-hybridized carbons (Fsp3) is 0.500. The van der Waals surface area contributed by atoms with E-state index in [4.69, 9.17) is 0 Å². The minimum atomic E-state index is -0.0669. The minimum Gasteiger partial charge on any atom is -0.350 e. The van der Waals surface area contributed by atoms with Crippen molar-refractivity contribution < 1.29 is 4.79 Å². The van der Waals surface area contributed by atoms with E-state index in [2.05, 4.69) is 34.2 Å². The Balaban J connectivity index is 2.41. The van der Waals surface area contributed by atoms with Crippen LogP contribution in [0.1, 0.15) is 23.8 Å². The zero-order valence-corrected chi connectivity index (χ0v) is 10.7. The van der Waals surface area contributed by atoms with Gasteiger partial charge in [0, 0.05) is 4.88 Å². The lowest BCUT2D eigenvalue weighted by Crippen LogP contribution is -2.30. The Morgan fingerprint density at radius 2 is 2.43 bits per heavy atom. The zero-order chi connectivity index (χ0) is 10.6. The van der Waals surface area contributed by atoms with E-state index in [0.29, 0.717) is 6.54 Å². The first kappa shape index (κ1) is 11.7. The Hall–Kier alpha value is -0.350. The van der Waals surface area contributed by atoms with Crippen molar-refractivity contribution in [1.29, 1.82) is 0 Å². The van der Waals surface area contributed by atoms with Crippen LogP contribution in [0.3, 0.4) is 0 Å². The van der Waals surface area contributed by atoms with Crippen molar-refractivity contribution in [3.8, 4) is 0 Å². The Kier molecular flexibility index (Phi) is 4.62. The molecule has 0 saturated heterocycles. The summed E-state index contributed by atoms with van der Waals surface area (Å²) >= 11 is 5.00. The van der Waals surface area contributed by atoms with Gasteiger partial charge in [-0.3, -0.25) is 4.79 Å². The molecule has 0 aromatic carbocycles. The predicted octanol–water partition coefficient (Wildman–Crippen LogP) is 2.85. The van der Waals surface area contributed by atoms with Crippen LogP contribution in [0.25, 0.3) is 0 Å². The molecule has 1 amide bonds. The fourth-order valence-electron chi connectivity index (χ4n) is 1.05. The predicted molar refractivity (Wildman–Crippen MR) is 63.9 cm³/mol. The molecule has 14 heavy (non-hydrogen) atoms. The third-order valence-corrected chi connectivity index (χ3v) is 4.12. The van der Waals surface area contributed by atoms with Gasteiger partial charge in [-0.25, -0.2) is 0 Å². The molecule has 1 heterocycles. The molecule has 0 aliphatic heterocycles. The summed E-state index contributed by atoms with van der Waals surface area (Å²) in [5.74, 6) is 0.0697. The second-order valence-electron chi connectivity index (χ2n) is 3.12. The average Bonchev–Trinajstić information content (AvgIpc) is 2.59. The van der Waals surface area contributed by atoms with Gasteiger partial charge in [-0.1, -0.05) is 22.9 Å². The van der Waals surface area contributed by atoms with Crippen LogP contribution >= 0.6 is 27.3 Å². The number of aryl methyl sites for hydroxylation is 1. The van der Waals surface area contributed by atoms with Gasteiger partial charge in [0.1, 0.15) is 0 Å². The molecular formula is C10H14BrNOS. The number of hydrogen-bond donors (Lipinski definition) is 1. The molecule has 1 rings (SSSR count). The highest BCUT2D eigenvalue weighted by Gasteiger charge is 2.11. The van der Waals surface area contributed by atoms with E-state index in [1.165, 1.54) is 10.4 Å². The number of alkyl halides is 1. The van der Waals surface area contributed by atoms with Crippen molar-refractivity contribution >= 4 is 33.2 Å². The number of amides is 1. The number of halogens is 1. The van der Waals surface area contributed by atoms with Crippen molar-refractivity contribution in [3.05, 3.63) is 21.9 Å². The number of hydrogen-bond acceptors (Lipinski definition) is 2. The van der Waals surface area contributed by atoms with Gasteiger partial charge in [-0.2, -0.15) is 0 Å². The molecule has 0 saturated carbocycles. The summed E-state index contributed by atoms with van der Waals surface area (Å²) in [6.45, 7) is 4.68. The van der Waals surface area contributed by atoms with Gasteiger partial charge >= 0.3 is 0 Å². The number of carbonyl (C=O) groups excluding carboxylic acids is 1. The summed E-state index contributed by atoms with van der Waals surface area (Å²) in [4.78, 5) is 12.6. The molecule has 1 N–H and O–H groups in total. The van der Waals surface area contributed by atoms with Crippen molar-refractivity contribution in [3.63, 3.8) is 0 Å². The topological polar surface area (TPSA) is 29.1 Å². The first-order valence-electron chi connectivity index (χ1n) is 4.60. The van der Waals surface area contributed by atoms with Gasteiger partial charge in [0.2, 0.25) is 5.91 Å². The normalized spacial score (nSPS) is 12.5. The molecule has 0 aliphatic carbocycles. The highest BCUT2D eigenvalue weighted by molar-refractivity contribution is 9.10. The van der Waals surface area contributed by atoms with E-state index in [-0.39, 0.29) is 10.7 Å². The van der Waals surface area contributed by atoms with Crippen LogP contribution in [-0.2, 0) is 11.3 Å². The molecule has 0 radical (unpaired) electrons. The molecule has 0 fully saturated rings. The second-order valence-corrected chi connectivity index (χ2v) is 5.23. The fourth-order valence-corrected chi connectivity index (χ4v) is 2.06. The van der Waals surface area contributed by atoms with Gasteiger partial charge in [-0.05, 0) is 30.4 Å². The maximum absolute atomic E-state index is 11.4. The van der Waals surface area contributed by atoms with Crippen molar-refractivity contribution in [2.45, 2.75) is 31.6 Å². The molecule has 0 aliphatic rings. The highest BCUT2D eigenvalue weighted by Crippen LogP contribution is 2.15. The molecule has 4 heteroatoms. The molecule has 1 aromatic heterocycles. The highest BCUT2D eigenvalue weighted by atomic mass is 79.9. The number of thiophene rings is 1. The monoisotopic (exact) mass is 275 g/mol.